The smallest absolute Gasteiger partial charge is 0.256 e. The van der Waals surface area contributed by atoms with E-state index in [1.54, 1.807) is 11.0 Å². The number of benzene rings is 2. The molecule has 128 valence electrons. The van der Waals surface area contributed by atoms with Gasteiger partial charge in [-0.05, 0) is 43.2 Å². The molecule has 6 heteroatoms. The van der Waals surface area contributed by atoms with Gasteiger partial charge in [-0.2, -0.15) is 0 Å². The Morgan fingerprint density at radius 3 is 2.92 bits per heavy atom. The Morgan fingerprint density at radius 2 is 2.12 bits per heavy atom. The standard InChI is InChI=1S/C19H17ClFN3O/c20-13-7-8-14(15(21)10-13)19(25)24-9-3-4-12(11-24)18-22-16-5-1-2-6-17(16)23-18/h1-2,5-8,10,12H,3-4,9,11H2,(H,22,23). The van der Waals surface area contributed by atoms with Crippen LogP contribution < -0.4 is 0 Å². The number of nitrogens with one attached hydrogen (secondary N) is 1. The summed E-state index contributed by atoms with van der Waals surface area (Å²) in [4.78, 5) is 22.4. The van der Waals surface area contributed by atoms with Crippen molar-refractivity contribution in [1.82, 2.24) is 14.9 Å². The minimum atomic E-state index is -0.580. The second-order valence-corrected chi connectivity index (χ2v) is 6.79. The molecule has 2 heterocycles. The molecule has 2 aromatic carbocycles. The lowest BCUT2D eigenvalue weighted by Gasteiger charge is -2.32. The molecule has 1 saturated heterocycles. The number of halogens is 2. The lowest BCUT2D eigenvalue weighted by atomic mass is 9.96. The van der Waals surface area contributed by atoms with Crippen molar-refractivity contribution in [3.05, 3.63) is 64.7 Å². The fraction of sp³-hybridized carbons (Fsp3) is 0.263. The maximum atomic E-state index is 14.1. The van der Waals surface area contributed by atoms with Crippen molar-refractivity contribution in [3.63, 3.8) is 0 Å². The molecule has 1 aliphatic heterocycles. The Labute approximate surface area is 149 Å². The highest BCUT2D eigenvalue weighted by atomic mass is 35.5. The van der Waals surface area contributed by atoms with Crippen molar-refractivity contribution < 1.29 is 9.18 Å². The molecule has 0 aliphatic carbocycles. The van der Waals surface area contributed by atoms with Gasteiger partial charge in [0, 0.05) is 24.0 Å². The number of fused-ring (bicyclic) bond motifs is 1. The fourth-order valence-electron chi connectivity index (χ4n) is 3.38. The molecule has 0 radical (unpaired) electrons. The molecule has 4 nitrogen and oxygen atoms in total. The third kappa shape index (κ3) is 3.12. The normalized spacial score (nSPS) is 17.8. The Morgan fingerprint density at radius 1 is 1.28 bits per heavy atom. The number of aromatic amines is 1. The SMILES string of the molecule is O=C(c1ccc(Cl)cc1F)N1CCCC(c2nc3ccccc3[nH]2)C1. The third-order valence-corrected chi connectivity index (χ3v) is 4.90. The number of piperidine rings is 1. The van der Waals surface area contributed by atoms with Crippen LogP contribution in [0.2, 0.25) is 5.02 Å². The van der Waals surface area contributed by atoms with Crippen molar-refractivity contribution in [3.8, 4) is 0 Å². The lowest BCUT2D eigenvalue weighted by molar-refractivity contribution is 0.0700. The second kappa shape index (κ2) is 6.48. The number of carbonyl (C=O) groups is 1. The van der Waals surface area contributed by atoms with E-state index in [2.05, 4.69) is 9.97 Å². The quantitative estimate of drug-likeness (QED) is 0.740. The topological polar surface area (TPSA) is 49.0 Å². The molecular weight excluding hydrogens is 341 g/mol. The molecular formula is C19H17ClFN3O. The largest absolute Gasteiger partial charge is 0.342 e. The number of hydrogen-bond donors (Lipinski definition) is 1. The zero-order valence-corrected chi connectivity index (χ0v) is 14.3. The highest BCUT2D eigenvalue weighted by Crippen LogP contribution is 2.28. The molecule has 1 unspecified atom stereocenters. The number of rotatable bonds is 2. The summed E-state index contributed by atoms with van der Waals surface area (Å²) in [6.07, 6.45) is 1.81. The van der Waals surface area contributed by atoms with Gasteiger partial charge >= 0.3 is 0 Å². The van der Waals surface area contributed by atoms with E-state index in [1.165, 1.54) is 12.1 Å². The Bertz CT molecular complexity index is 906. The number of imidazole rings is 1. The summed E-state index contributed by atoms with van der Waals surface area (Å²) in [6.45, 7) is 1.15. The summed E-state index contributed by atoms with van der Waals surface area (Å²) >= 11 is 5.77. The van der Waals surface area contributed by atoms with Crippen LogP contribution in [0.3, 0.4) is 0 Å². The first kappa shape index (κ1) is 16.1. The summed E-state index contributed by atoms with van der Waals surface area (Å²) in [5, 5.41) is 0.285. The van der Waals surface area contributed by atoms with Gasteiger partial charge in [0.15, 0.2) is 0 Å². The van der Waals surface area contributed by atoms with Gasteiger partial charge in [0.05, 0.1) is 16.6 Å². The van der Waals surface area contributed by atoms with Gasteiger partial charge in [0.1, 0.15) is 11.6 Å². The van der Waals surface area contributed by atoms with E-state index in [4.69, 9.17) is 11.6 Å². The lowest BCUT2D eigenvalue weighted by Crippen LogP contribution is -2.39. The van der Waals surface area contributed by atoms with E-state index in [9.17, 15) is 9.18 Å². The van der Waals surface area contributed by atoms with E-state index in [1.807, 2.05) is 24.3 Å². The number of aromatic nitrogens is 2. The summed E-state index contributed by atoms with van der Waals surface area (Å²) in [6, 6.07) is 12.0. The maximum absolute atomic E-state index is 14.1. The monoisotopic (exact) mass is 357 g/mol. The van der Waals surface area contributed by atoms with Gasteiger partial charge in [0.25, 0.3) is 5.91 Å². The molecule has 1 amide bonds. The van der Waals surface area contributed by atoms with Crippen LogP contribution in [0.15, 0.2) is 42.5 Å². The Balaban J connectivity index is 1.57. The van der Waals surface area contributed by atoms with Crippen LogP contribution in [0.5, 0.6) is 0 Å². The maximum Gasteiger partial charge on any atom is 0.256 e. The Hall–Kier alpha value is -2.40. The first-order chi connectivity index (χ1) is 12.1. The number of hydrogen-bond acceptors (Lipinski definition) is 2. The van der Waals surface area contributed by atoms with E-state index >= 15 is 0 Å². The number of amides is 1. The van der Waals surface area contributed by atoms with Crippen LogP contribution >= 0.6 is 11.6 Å². The zero-order valence-electron chi connectivity index (χ0n) is 13.5. The number of likely N-dealkylation sites (tertiary alicyclic amines) is 1. The van der Waals surface area contributed by atoms with Gasteiger partial charge < -0.3 is 9.88 Å². The van der Waals surface area contributed by atoms with Crippen molar-refractivity contribution in [2.24, 2.45) is 0 Å². The van der Waals surface area contributed by atoms with Gasteiger partial charge in [-0.1, -0.05) is 23.7 Å². The average molecular weight is 358 g/mol. The molecule has 0 saturated carbocycles. The van der Waals surface area contributed by atoms with Crippen LogP contribution in [-0.2, 0) is 0 Å². The predicted octanol–water partition coefficient (Wildman–Crippen LogP) is 4.38. The highest BCUT2D eigenvalue weighted by molar-refractivity contribution is 6.30. The first-order valence-electron chi connectivity index (χ1n) is 8.31. The van der Waals surface area contributed by atoms with E-state index < -0.39 is 5.82 Å². The average Bonchev–Trinajstić information content (AvgIpc) is 3.05. The van der Waals surface area contributed by atoms with Crippen molar-refractivity contribution in [1.29, 1.82) is 0 Å². The van der Waals surface area contributed by atoms with Crippen molar-refractivity contribution >= 4 is 28.5 Å². The minimum absolute atomic E-state index is 0.0645. The molecule has 1 N–H and O–H groups in total. The summed E-state index contributed by atoms with van der Waals surface area (Å²) in [7, 11) is 0. The molecule has 0 bridgehead atoms. The van der Waals surface area contributed by atoms with Gasteiger partial charge in [-0.3, -0.25) is 4.79 Å². The molecule has 1 aromatic heterocycles. The van der Waals surface area contributed by atoms with Gasteiger partial charge in [-0.15, -0.1) is 0 Å². The molecule has 1 fully saturated rings. The van der Waals surface area contributed by atoms with Crippen LogP contribution in [0.4, 0.5) is 4.39 Å². The van der Waals surface area contributed by atoms with Crippen LogP contribution in [0.25, 0.3) is 11.0 Å². The Kier molecular flexibility index (Phi) is 4.17. The van der Waals surface area contributed by atoms with E-state index in [0.717, 1.165) is 29.7 Å². The summed E-state index contributed by atoms with van der Waals surface area (Å²) in [5.41, 5.74) is 1.98. The van der Waals surface area contributed by atoms with Crippen LogP contribution in [0, 0.1) is 5.82 Å². The molecule has 0 spiro atoms. The number of para-hydroxylation sites is 2. The van der Waals surface area contributed by atoms with Crippen molar-refractivity contribution in [2.75, 3.05) is 13.1 Å². The number of carbonyl (C=O) groups excluding carboxylic acids is 1. The van der Waals surface area contributed by atoms with Gasteiger partial charge in [-0.25, -0.2) is 9.37 Å². The van der Waals surface area contributed by atoms with Crippen LogP contribution in [-0.4, -0.2) is 33.9 Å². The second-order valence-electron chi connectivity index (χ2n) is 6.35. The molecule has 3 aromatic rings. The summed E-state index contributed by atoms with van der Waals surface area (Å²) < 4.78 is 14.1. The molecule has 4 rings (SSSR count). The number of H-pyrrole nitrogens is 1. The van der Waals surface area contributed by atoms with E-state index in [0.29, 0.717) is 13.1 Å². The molecule has 1 aliphatic rings. The van der Waals surface area contributed by atoms with E-state index in [-0.39, 0.29) is 22.4 Å². The van der Waals surface area contributed by atoms with Crippen LogP contribution in [0.1, 0.15) is 34.9 Å². The molecule has 1 atom stereocenters. The predicted molar refractivity (Wildman–Crippen MR) is 95.4 cm³/mol. The summed E-state index contributed by atoms with van der Waals surface area (Å²) in [5.74, 6) is 0.133. The van der Waals surface area contributed by atoms with Crippen molar-refractivity contribution in [2.45, 2.75) is 18.8 Å². The highest BCUT2D eigenvalue weighted by Gasteiger charge is 2.28. The first-order valence-corrected chi connectivity index (χ1v) is 8.68. The number of nitrogens with zero attached hydrogens (tertiary/aromatic N) is 2. The fourth-order valence-corrected chi connectivity index (χ4v) is 3.54. The third-order valence-electron chi connectivity index (χ3n) is 4.66. The van der Waals surface area contributed by atoms with Gasteiger partial charge in [0.2, 0.25) is 0 Å². The zero-order chi connectivity index (χ0) is 17.4. The minimum Gasteiger partial charge on any atom is -0.342 e. The molecule has 25 heavy (non-hydrogen) atoms.